The first kappa shape index (κ1) is 21.7. The van der Waals surface area contributed by atoms with Crippen LogP contribution < -0.4 is 4.74 Å². The number of aliphatic carboxylic acids is 1. The Morgan fingerprint density at radius 1 is 1.03 bits per heavy atom. The van der Waals surface area contributed by atoms with E-state index in [1.165, 1.54) is 0 Å². The van der Waals surface area contributed by atoms with Gasteiger partial charge in [0.2, 0.25) is 0 Å². The maximum Gasteiger partial charge on any atom is 0.311 e. The summed E-state index contributed by atoms with van der Waals surface area (Å²) < 4.78 is 7.09. The second-order valence-corrected chi connectivity index (χ2v) is 8.08. The SMILES string of the molecule is COc1ccc(-n2nc(CC(C(=O)O)c3ccc(C)cc3)cc2-c2ccc(Cl)cc2)cc1. The summed E-state index contributed by atoms with van der Waals surface area (Å²) in [5.41, 5.74) is 5.19. The highest BCUT2D eigenvalue weighted by molar-refractivity contribution is 6.30. The van der Waals surface area contributed by atoms with Gasteiger partial charge in [0.15, 0.2) is 0 Å². The van der Waals surface area contributed by atoms with Crippen molar-refractivity contribution < 1.29 is 14.6 Å². The molecule has 0 aliphatic rings. The highest BCUT2D eigenvalue weighted by Gasteiger charge is 2.23. The predicted octanol–water partition coefficient (Wildman–Crippen LogP) is 5.92. The van der Waals surface area contributed by atoms with Crippen LogP contribution in [0, 0.1) is 6.92 Å². The molecule has 5 nitrogen and oxygen atoms in total. The minimum Gasteiger partial charge on any atom is -0.497 e. The quantitative estimate of drug-likeness (QED) is 0.382. The molecule has 0 amide bonds. The number of nitrogens with zero attached hydrogens (tertiary/aromatic N) is 2. The average Bonchev–Trinajstić information content (AvgIpc) is 3.22. The molecule has 0 aliphatic carbocycles. The molecular formula is C26H23ClN2O3. The molecule has 6 heteroatoms. The first-order valence-electron chi connectivity index (χ1n) is 10.2. The molecule has 4 aromatic rings. The molecule has 3 aromatic carbocycles. The maximum atomic E-state index is 12.1. The van der Waals surface area contributed by atoms with Gasteiger partial charge in [-0.15, -0.1) is 0 Å². The van der Waals surface area contributed by atoms with Crippen molar-refractivity contribution in [2.45, 2.75) is 19.3 Å². The van der Waals surface area contributed by atoms with Crippen molar-refractivity contribution in [1.29, 1.82) is 0 Å². The van der Waals surface area contributed by atoms with Gasteiger partial charge >= 0.3 is 5.97 Å². The maximum absolute atomic E-state index is 12.1. The summed E-state index contributed by atoms with van der Waals surface area (Å²) in [6.45, 7) is 1.98. The molecule has 0 aliphatic heterocycles. The topological polar surface area (TPSA) is 64.4 Å². The van der Waals surface area contributed by atoms with Crippen molar-refractivity contribution >= 4 is 17.6 Å². The highest BCUT2D eigenvalue weighted by Crippen LogP contribution is 2.29. The molecule has 0 radical (unpaired) electrons. The molecule has 0 saturated heterocycles. The van der Waals surface area contributed by atoms with Crippen LogP contribution in [-0.2, 0) is 11.2 Å². The Hall–Kier alpha value is -3.57. The molecule has 1 N–H and O–H groups in total. The van der Waals surface area contributed by atoms with E-state index in [2.05, 4.69) is 0 Å². The third-order valence-corrected chi connectivity index (χ3v) is 5.66. The number of methoxy groups -OCH3 is 1. The van der Waals surface area contributed by atoms with Gasteiger partial charge in [-0.25, -0.2) is 4.68 Å². The summed E-state index contributed by atoms with van der Waals surface area (Å²) in [5.74, 6) is -0.812. The van der Waals surface area contributed by atoms with Crippen LogP contribution in [0.2, 0.25) is 5.02 Å². The number of ether oxygens (including phenoxy) is 1. The van der Waals surface area contributed by atoms with Gasteiger partial charge in [0.05, 0.1) is 30.1 Å². The molecule has 162 valence electrons. The van der Waals surface area contributed by atoms with E-state index < -0.39 is 11.9 Å². The van der Waals surface area contributed by atoms with Gasteiger partial charge in [-0.05, 0) is 55.0 Å². The van der Waals surface area contributed by atoms with Crippen LogP contribution in [-0.4, -0.2) is 28.0 Å². The van der Waals surface area contributed by atoms with E-state index in [-0.39, 0.29) is 6.42 Å². The van der Waals surface area contributed by atoms with Crippen LogP contribution in [0.1, 0.15) is 22.7 Å². The van der Waals surface area contributed by atoms with Crippen LogP contribution in [0.5, 0.6) is 5.75 Å². The van der Waals surface area contributed by atoms with Gasteiger partial charge in [-0.1, -0.05) is 53.6 Å². The fourth-order valence-electron chi connectivity index (χ4n) is 3.63. The fraction of sp³-hybridized carbons (Fsp3) is 0.154. The third-order valence-electron chi connectivity index (χ3n) is 5.41. The highest BCUT2D eigenvalue weighted by atomic mass is 35.5. The Kier molecular flexibility index (Phi) is 6.28. The molecule has 32 heavy (non-hydrogen) atoms. The lowest BCUT2D eigenvalue weighted by molar-refractivity contribution is -0.138. The Balaban J connectivity index is 1.76. The number of hydrogen-bond donors (Lipinski definition) is 1. The van der Waals surface area contributed by atoms with Crippen LogP contribution in [0.25, 0.3) is 16.9 Å². The number of hydrogen-bond acceptors (Lipinski definition) is 3. The van der Waals surface area contributed by atoms with Crippen molar-refractivity contribution in [3.63, 3.8) is 0 Å². The van der Waals surface area contributed by atoms with Crippen LogP contribution in [0.4, 0.5) is 0 Å². The minimum atomic E-state index is -0.874. The van der Waals surface area contributed by atoms with Gasteiger partial charge in [0.25, 0.3) is 0 Å². The molecule has 0 spiro atoms. The van der Waals surface area contributed by atoms with Gasteiger partial charge in [-0.3, -0.25) is 4.79 Å². The largest absolute Gasteiger partial charge is 0.497 e. The van der Waals surface area contributed by atoms with E-state index >= 15 is 0 Å². The molecule has 1 aromatic heterocycles. The zero-order valence-electron chi connectivity index (χ0n) is 17.8. The van der Waals surface area contributed by atoms with E-state index in [9.17, 15) is 9.90 Å². The normalized spacial score (nSPS) is 11.8. The first-order valence-corrected chi connectivity index (χ1v) is 10.6. The Morgan fingerprint density at radius 3 is 2.28 bits per heavy atom. The Bertz CT molecular complexity index is 1210. The number of benzene rings is 3. The summed E-state index contributed by atoms with van der Waals surface area (Å²) in [4.78, 5) is 12.1. The van der Waals surface area contributed by atoms with Crippen molar-refractivity contribution in [2.75, 3.05) is 7.11 Å². The summed E-state index contributed by atoms with van der Waals surface area (Å²) in [5, 5.41) is 15.3. The van der Waals surface area contributed by atoms with Gasteiger partial charge in [0.1, 0.15) is 5.75 Å². The van der Waals surface area contributed by atoms with Crippen molar-refractivity contribution in [1.82, 2.24) is 9.78 Å². The number of rotatable bonds is 7. The smallest absolute Gasteiger partial charge is 0.311 e. The number of carbonyl (C=O) groups is 1. The number of carboxylic acid groups (broad SMARTS) is 1. The van der Waals surface area contributed by atoms with Crippen molar-refractivity contribution in [3.05, 3.63) is 101 Å². The lowest BCUT2D eigenvalue weighted by Gasteiger charge is -2.11. The lowest BCUT2D eigenvalue weighted by Crippen LogP contribution is -2.15. The Labute approximate surface area is 191 Å². The molecule has 1 heterocycles. The van der Waals surface area contributed by atoms with Gasteiger partial charge < -0.3 is 9.84 Å². The van der Waals surface area contributed by atoms with E-state index in [1.807, 2.05) is 90.5 Å². The Morgan fingerprint density at radius 2 is 1.69 bits per heavy atom. The fourth-order valence-corrected chi connectivity index (χ4v) is 3.76. The standard InChI is InChI=1S/C26H23ClN2O3/c1-17-3-5-18(6-4-17)24(26(30)31)15-21-16-25(19-7-9-20(27)10-8-19)29(28-21)22-11-13-23(32-2)14-12-22/h3-14,16,24H,15H2,1-2H3,(H,30,31). The van der Waals surface area contributed by atoms with Gasteiger partial charge in [0, 0.05) is 17.0 Å². The predicted molar refractivity (Wildman–Crippen MR) is 126 cm³/mol. The van der Waals surface area contributed by atoms with E-state index in [0.29, 0.717) is 10.7 Å². The van der Waals surface area contributed by atoms with E-state index in [4.69, 9.17) is 21.4 Å². The molecular weight excluding hydrogens is 424 g/mol. The van der Waals surface area contributed by atoms with Crippen LogP contribution >= 0.6 is 11.6 Å². The molecule has 0 bridgehead atoms. The van der Waals surface area contributed by atoms with E-state index in [0.717, 1.165) is 33.8 Å². The van der Waals surface area contributed by atoms with Crippen molar-refractivity contribution in [2.24, 2.45) is 0 Å². The van der Waals surface area contributed by atoms with Crippen LogP contribution in [0.15, 0.2) is 78.9 Å². The monoisotopic (exact) mass is 446 g/mol. The van der Waals surface area contributed by atoms with Crippen LogP contribution in [0.3, 0.4) is 0 Å². The molecule has 1 unspecified atom stereocenters. The molecule has 0 fully saturated rings. The van der Waals surface area contributed by atoms with Crippen molar-refractivity contribution in [3.8, 4) is 22.7 Å². The second kappa shape index (κ2) is 9.28. The first-order chi connectivity index (χ1) is 15.4. The summed E-state index contributed by atoms with van der Waals surface area (Å²) in [6, 6.07) is 24.6. The molecule has 1 atom stereocenters. The molecule has 0 saturated carbocycles. The summed E-state index contributed by atoms with van der Waals surface area (Å²) >= 11 is 6.08. The summed E-state index contributed by atoms with van der Waals surface area (Å²) in [6.07, 6.45) is 0.280. The lowest BCUT2D eigenvalue weighted by atomic mass is 9.93. The number of halogens is 1. The zero-order chi connectivity index (χ0) is 22.7. The zero-order valence-corrected chi connectivity index (χ0v) is 18.6. The van der Waals surface area contributed by atoms with Gasteiger partial charge in [-0.2, -0.15) is 5.10 Å². The average molecular weight is 447 g/mol. The number of aryl methyl sites for hydroxylation is 1. The minimum absolute atomic E-state index is 0.280. The molecule has 4 rings (SSSR count). The summed E-state index contributed by atoms with van der Waals surface area (Å²) in [7, 11) is 1.62. The second-order valence-electron chi connectivity index (χ2n) is 7.64. The number of carboxylic acids is 1. The van der Waals surface area contributed by atoms with E-state index in [1.54, 1.807) is 7.11 Å². The number of aromatic nitrogens is 2. The third kappa shape index (κ3) is 4.68.